The molecule has 0 saturated heterocycles. The summed E-state index contributed by atoms with van der Waals surface area (Å²) in [5, 5.41) is 0. The average molecular weight is 344 g/mol. The molecule has 0 atom stereocenters. The Morgan fingerprint density at radius 3 is 2.40 bits per heavy atom. The highest BCUT2D eigenvalue weighted by Crippen LogP contribution is 2.41. The highest BCUT2D eigenvalue weighted by molar-refractivity contribution is 5.87. The second-order valence-electron chi connectivity index (χ2n) is 4.87. The third-order valence-corrected chi connectivity index (χ3v) is 3.15. The van der Waals surface area contributed by atoms with Crippen LogP contribution in [0.2, 0.25) is 0 Å². The number of methoxy groups -OCH3 is 2. The van der Waals surface area contributed by atoms with Crippen molar-refractivity contribution >= 4 is 17.7 Å². The second kappa shape index (κ2) is 8.58. The highest BCUT2D eigenvalue weighted by Gasteiger charge is 2.15. The lowest BCUT2D eigenvalue weighted by molar-refractivity contribution is -0.137. The summed E-state index contributed by atoms with van der Waals surface area (Å²) in [6.07, 6.45) is 4.43. The first-order valence-corrected chi connectivity index (χ1v) is 7.57. The minimum atomic E-state index is -0.424. The fraction of sp³-hybridized carbons (Fsp3) is 0.222. The van der Waals surface area contributed by atoms with E-state index in [9.17, 15) is 4.79 Å². The maximum absolute atomic E-state index is 11.4. The van der Waals surface area contributed by atoms with Gasteiger partial charge in [-0.1, -0.05) is 0 Å². The summed E-state index contributed by atoms with van der Waals surface area (Å²) in [6.45, 7) is 2.06. The van der Waals surface area contributed by atoms with Gasteiger partial charge in [0.15, 0.2) is 11.5 Å². The Morgan fingerprint density at radius 1 is 1.20 bits per heavy atom. The Kier molecular flexibility index (Phi) is 6.22. The molecule has 0 amide bonds. The van der Waals surface area contributed by atoms with Gasteiger partial charge in [0.05, 0.1) is 32.7 Å². The van der Waals surface area contributed by atoms with Crippen molar-refractivity contribution in [3.05, 3.63) is 42.1 Å². The summed E-state index contributed by atoms with van der Waals surface area (Å²) in [7, 11) is 3.02. The molecule has 1 aromatic heterocycles. The number of ether oxygens (including phenoxy) is 4. The molecule has 25 heavy (non-hydrogen) atoms. The van der Waals surface area contributed by atoms with Crippen LogP contribution in [-0.4, -0.2) is 31.8 Å². The maximum atomic E-state index is 11.4. The zero-order valence-electron chi connectivity index (χ0n) is 14.3. The molecule has 7 nitrogen and oxygen atoms in total. The first kappa shape index (κ1) is 18.1. The molecule has 7 heteroatoms. The molecule has 1 heterocycles. The van der Waals surface area contributed by atoms with Crippen molar-refractivity contribution in [2.24, 2.45) is 0 Å². The topological polar surface area (TPSA) is 92.9 Å². The number of benzene rings is 1. The lowest BCUT2D eigenvalue weighted by Crippen LogP contribution is -1.99. The minimum Gasteiger partial charge on any atom is -0.493 e. The fourth-order valence-corrected chi connectivity index (χ4v) is 2.01. The van der Waals surface area contributed by atoms with Crippen LogP contribution in [0, 0.1) is 0 Å². The molecule has 0 bridgehead atoms. The number of nitrogens with two attached hydrogens (primary N) is 1. The van der Waals surface area contributed by atoms with Gasteiger partial charge >= 0.3 is 5.97 Å². The molecule has 0 saturated carbocycles. The summed E-state index contributed by atoms with van der Waals surface area (Å²) in [6, 6.07) is 6.75. The molecule has 2 rings (SSSR count). The van der Waals surface area contributed by atoms with E-state index >= 15 is 0 Å². The third kappa shape index (κ3) is 4.87. The monoisotopic (exact) mass is 344 g/mol. The Labute approximate surface area is 146 Å². The lowest BCUT2D eigenvalue weighted by atomic mass is 10.1. The molecular weight excluding hydrogens is 324 g/mol. The van der Waals surface area contributed by atoms with E-state index in [0.717, 1.165) is 0 Å². The zero-order chi connectivity index (χ0) is 18.2. The molecule has 0 unspecified atom stereocenters. The molecule has 0 fully saturated rings. The van der Waals surface area contributed by atoms with Gasteiger partial charge in [0.25, 0.3) is 0 Å². The van der Waals surface area contributed by atoms with E-state index in [1.807, 2.05) is 0 Å². The minimum absolute atomic E-state index is 0.317. The average Bonchev–Trinajstić information content (AvgIpc) is 2.62. The quantitative estimate of drug-likeness (QED) is 0.609. The van der Waals surface area contributed by atoms with Gasteiger partial charge in [0.2, 0.25) is 11.6 Å². The van der Waals surface area contributed by atoms with Crippen molar-refractivity contribution < 1.29 is 23.7 Å². The van der Waals surface area contributed by atoms with Crippen LogP contribution in [-0.2, 0) is 9.53 Å². The first-order valence-electron chi connectivity index (χ1n) is 7.57. The number of rotatable bonds is 7. The summed E-state index contributed by atoms with van der Waals surface area (Å²) in [5.41, 5.74) is 6.85. The predicted molar refractivity (Wildman–Crippen MR) is 93.9 cm³/mol. The number of anilines is 1. The molecule has 1 aromatic carbocycles. The first-order chi connectivity index (χ1) is 12.1. The number of carbonyl (C=O) groups excluding carboxylic acids is 1. The van der Waals surface area contributed by atoms with Crippen LogP contribution in [0.4, 0.5) is 5.69 Å². The van der Waals surface area contributed by atoms with Gasteiger partial charge in [-0.25, -0.2) is 9.78 Å². The van der Waals surface area contributed by atoms with Crippen LogP contribution in [0.15, 0.2) is 36.5 Å². The van der Waals surface area contributed by atoms with Crippen molar-refractivity contribution in [2.75, 3.05) is 26.6 Å². The van der Waals surface area contributed by atoms with Crippen molar-refractivity contribution in [2.45, 2.75) is 6.92 Å². The fourth-order valence-electron chi connectivity index (χ4n) is 2.01. The normalized spacial score (nSPS) is 10.5. The summed E-state index contributed by atoms with van der Waals surface area (Å²) < 4.78 is 21.4. The van der Waals surface area contributed by atoms with Crippen molar-refractivity contribution in [1.82, 2.24) is 4.98 Å². The van der Waals surface area contributed by atoms with Gasteiger partial charge in [-0.15, -0.1) is 0 Å². The van der Waals surface area contributed by atoms with Gasteiger partial charge in [-0.05, 0) is 36.8 Å². The number of hydrogen-bond acceptors (Lipinski definition) is 7. The Morgan fingerprint density at radius 2 is 1.88 bits per heavy atom. The Bertz CT molecular complexity index is 732. The van der Waals surface area contributed by atoms with E-state index in [1.165, 1.54) is 26.5 Å². The summed E-state index contributed by atoms with van der Waals surface area (Å²) in [4.78, 5) is 15.5. The molecule has 0 spiro atoms. The summed E-state index contributed by atoms with van der Waals surface area (Å²) in [5.74, 6) is 1.16. The smallest absolute Gasteiger partial charge is 0.330 e. The molecule has 132 valence electrons. The molecule has 2 N–H and O–H groups in total. The predicted octanol–water partition coefficient (Wildman–Crippen LogP) is 3.05. The van der Waals surface area contributed by atoms with Gasteiger partial charge < -0.3 is 24.7 Å². The number of pyridine rings is 1. The second-order valence-corrected chi connectivity index (χ2v) is 4.87. The molecule has 0 aliphatic carbocycles. The van der Waals surface area contributed by atoms with Crippen molar-refractivity contribution in [3.63, 3.8) is 0 Å². The van der Waals surface area contributed by atoms with Crippen LogP contribution >= 0.6 is 0 Å². The van der Waals surface area contributed by atoms with E-state index in [0.29, 0.717) is 41.0 Å². The Hall–Kier alpha value is -3.22. The van der Waals surface area contributed by atoms with Crippen LogP contribution < -0.4 is 19.9 Å². The standard InChI is InChI=1S/C18H20N2O5/c1-4-24-17(21)8-5-12-9-14(22-2)18(15(10-12)23-3)25-16-7-6-13(19)11-20-16/h5-11H,4,19H2,1-3H3/b8-5+. The maximum Gasteiger partial charge on any atom is 0.330 e. The number of carbonyl (C=O) groups is 1. The zero-order valence-corrected chi connectivity index (χ0v) is 14.3. The van der Waals surface area contributed by atoms with Gasteiger partial charge in [-0.3, -0.25) is 0 Å². The molecule has 2 aromatic rings. The van der Waals surface area contributed by atoms with Gasteiger partial charge in [-0.2, -0.15) is 0 Å². The van der Waals surface area contributed by atoms with Crippen LogP contribution in [0.25, 0.3) is 6.08 Å². The number of esters is 1. The molecular formula is C18H20N2O5. The van der Waals surface area contributed by atoms with E-state index in [1.54, 1.807) is 37.3 Å². The van der Waals surface area contributed by atoms with E-state index in [4.69, 9.17) is 24.7 Å². The number of hydrogen-bond donors (Lipinski definition) is 1. The molecule has 0 aliphatic rings. The summed E-state index contributed by atoms with van der Waals surface area (Å²) >= 11 is 0. The van der Waals surface area contributed by atoms with Crippen LogP contribution in [0.1, 0.15) is 12.5 Å². The van der Waals surface area contributed by atoms with E-state index in [-0.39, 0.29) is 0 Å². The molecule has 0 radical (unpaired) electrons. The van der Waals surface area contributed by atoms with E-state index < -0.39 is 5.97 Å². The number of nitrogens with zero attached hydrogens (tertiary/aromatic N) is 1. The highest BCUT2D eigenvalue weighted by atomic mass is 16.5. The van der Waals surface area contributed by atoms with Crippen LogP contribution in [0.3, 0.4) is 0 Å². The van der Waals surface area contributed by atoms with Crippen LogP contribution in [0.5, 0.6) is 23.1 Å². The van der Waals surface area contributed by atoms with Gasteiger partial charge in [0.1, 0.15) is 0 Å². The van der Waals surface area contributed by atoms with Crippen molar-refractivity contribution in [3.8, 4) is 23.1 Å². The number of aromatic nitrogens is 1. The third-order valence-electron chi connectivity index (χ3n) is 3.15. The lowest BCUT2D eigenvalue weighted by Gasteiger charge is -2.14. The van der Waals surface area contributed by atoms with Gasteiger partial charge in [0, 0.05) is 12.1 Å². The largest absolute Gasteiger partial charge is 0.493 e. The SMILES string of the molecule is CCOC(=O)/C=C/c1cc(OC)c(Oc2ccc(N)cn2)c(OC)c1. The molecule has 0 aliphatic heterocycles. The number of nitrogen functional groups attached to an aromatic ring is 1. The van der Waals surface area contributed by atoms with Crippen molar-refractivity contribution in [1.29, 1.82) is 0 Å². The Balaban J connectivity index is 2.33. The van der Waals surface area contributed by atoms with E-state index in [2.05, 4.69) is 4.98 Å².